The highest BCUT2D eigenvalue weighted by Crippen LogP contribution is 2.39. The highest BCUT2D eigenvalue weighted by Gasteiger charge is 2.26. The molecule has 3 rings (SSSR count). The molecule has 1 saturated carbocycles. The minimum absolute atomic E-state index is 0.641. The Morgan fingerprint density at radius 1 is 1.25 bits per heavy atom. The standard InChI is InChI=1S/C16H20N4/c1-2-8-18-15-11-14(12-6-7-12)19-16(20-15)10-13-5-3-4-9-17-13/h3-5,9,11-12H,2,6-8,10H2,1H3,(H,18,19,20). The topological polar surface area (TPSA) is 50.7 Å². The third kappa shape index (κ3) is 3.32. The first-order valence-electron chi connectivity index (χ1n) is 7.37. The molecule has 2 heterocycles. The maximum atomic E-state index is 4.71. The van der Waals surface area contributed by atoms with Gasteiger partial charge in [-0.3, -0.25) is 4.98 Å². The number of nitrogens with one attached hydrogen (secondary N) is 1. The lowest BCUT2D eigenvalue weighted by Crippen LogP contribution is -2.08. The van der Waals surface area contributed by atoms with Gasteiger partial charge < -0.3 is 5.32 Å². The molecule has 2 aromatic heterocycles. The van der Waals surface area contributed by atoms with Gasteiger partial charge in [0.25, 0.3) is 0 Å². The van der Waals surface area contributed by atoms with E-state index in [9.17, 15) is 0 Å². The van der Waals surface area contributed by atoms with Crippen molar-refractivity contribution in [3.05, 3.63) is 47.7 Å². The van der Waals surface area contributed by atoms with E-state index in [2.05, 4.69) is 28.3 Å². The fraction of sp³-hybridized carbons (Fsp3) is 0.438. The van der Waals surface area contributed by atoms with Gasteiger partial charge in [0, 0.05) is 36.1 Å². The number of nitrogens with zero attached hydrogens (tertiary/aromatic N) is 3. The van der Waals surface area contributed by atoms with Gasteiger partial charge >= 0.3 is 0 Å². The fourth-order valence-electron chi connectivity index (χ4n) is 2.19. The van der Waals surface area contributed by atoms with E-state index in [1.165, 1.54) is 18.5 Å². The number of aromatic nitrogens is 3. The Bertz CT molecular complexity index is 564. The van der Waals surface area contributed by atoms with Crippen LogP contribution >= 0.6 is 0 Å². The number of hydrogen-bond donors (Lipinski definition) is 1. The van der Waals surface area contributed by atoms with E-state index in [4.69, 9.17) is 4.98 Å². The van der Waals surface area contributed by atoms with E-state index >= 15 is 0 Å². The third-order valence-corrected chi connectivity index (χ3v) is 3.41. The van der Waals surface area contributed by atoms with Crippen molar-refractivity contribution in [2.24, 2.45) is 0 Å². The van der Waals surface area contributed by atoms with Crippen LogP contribution in [-0.4, -0.2) is 21.5 Å². The second kappa shape index (κ2) is 5.99. The molecule has 104 valence electrons. The zero-order valence-corrected chi connectivity index (χ0v) is 11.8. The molecule has 0 radical (unpaired) electrons. The van der Waals surface area contributed by atoms with Crippen LogP contribution in [0.15, 0.2) is 30.5 Å². The largest absolute Gasteiger partial charge is 0.370 e. The van der Waals surface area contributed by atoms with Crippen molar-refractivity contribution >= 4 is 5.82 Å². The van der Waals surface area contributed by atoms with E-state index < -0.39 is 0 Å². The van der Waals surface area contributed by atoms with Gasteiger partial charge in [-0.2, -0.15) is 0 Å². The second-order valence-corrected chi connectivity index (χ2v) is 5.29. The second-order valence-electron chi connectivity index (χ2n) is 5.29. The SMILES string of the molecule is CCCNc1cc(C2CC2)nc(Cc2ccccn2)n1. The summed E-state index contributed by atoms with van der Waals surface area (Å²) in [4.78, 5) is 13.7. The molecule has 0 unspecified atom stereocenters. The van der Waals surface area contributed by atoms with Crippen LogP contribution in [0.1, 0.15) is 49.3 Å². The molecule has 0 atom stereocenters. The predicted octanol–water partition coefficient (Wildman–Crippen LogP) is 3.16. The van der Waals surface area contributed by atoms with Gasteiger partial charge in [0.15, 0.2) is 0 Å². The summed E-state index contributed by atoms with van der Waals surface area (Å²) in [6.07, 6.45) is 6.12. The van der Waals surface area contributed by atoms with Crippen LogP contribution in [0.3, 0.4) is 0 Å². The van der Waals surface area contributed by atoms with Crippen LogP contribution in [0.25, 0.3) is 0 Å². The smallest absolute Gasteiger partial charge is 0.136 e. The predicted molar refractivity (Wildman–Crippen MR) is 79.8 cm³/mol. The van der Waals surface area contributed by atoms with Crippen LogP contribution < -0.4 is 5.32 Å². The molecular formula is C16H20N4. The number of hydrogen-bond acceptors (Lipinski definition) is 4. The lowest BCUT2D eigenvalue weighted by atomic mass is 10.2. The van der Waals surface area contributed by atoms with Crippen LogP contribution in [0, 0.1) is 0 Å². The monoisotopic (exact) mass is 268 g/mol. The Balaban J connectivity index is 1.83. The zero-order chi connectivity index (χ0) is 13.8. The van der Waals surface area contributed by atoms with Crippen molar-refractivity contribution in [1.29, 1.82) is 0 Å². The molecule has 1 aliphatic carbocycles. The van der Waals surface area contributed by atoms with Gasteiger partial charge in [-0.25, -0.2) is 9.97 Å². The quantitative estimate of drug-likeness (QED) is 0.874. The Kier molecular flexibility index (Phi) is 3.90. The first kappa shape index (κ1) is 13.0. The maximum Gasteiger partial charge on any atom is 0.136 e. The first-order valence-corrected chi connectivity index (χ1v) is 7.37. The number of anilines is 1. The summed E-state index contributed by atoms with van der Waals surface area (Å²) in [6, 6.07) is 8.06. The van der Waals surface area contributed by atoms with Crippen molar-refractivity contribution in [3.63, 3.8) is 0 Å². The van der Waals surface area contributed by atoms with Crippen LogP contribution in [-0.2, 0) is 6.42 Å². The van der Waals surface area contributed by atoms with E-state index in [1.807, 2.05) is 24.4 Å². The third-order valence-electron chi connectivity index (χ3n) is 3.41. The van der Waals surface area contributed by atoms with Gasteiger partial charge in [-0.1, -0.05) is 13.0 Å². The van der Waals surface area contributed by atoms with Crippen molar-refractivity contribution in [2.75, 3.05) is 11.9 Å². The summed E-state index contributed by atoms with van der Waals surface area (Å²) >= 11 is 0. The van der Waals surface area contributed by atoms with E-state index in [1.54, 1.807) is 0 Å². The molecule has 0 spiro atoms. The molecule has 1 aliphatic rings. The normalized spacial score (nSPS) is 14.2. The Hall–Kier alpha value is -1.97. The summed E-state index contributed by atoms with van der Waals surface area (Å²) < 4.78 is 0. The minimum atomic E-state index is 0.641. The molecule has 4 nitrogen and oxygen atoms in total. The summed E-state index contributed by atoms with van der Waals surface area (Å²) in [5.41, 5.74) is 2.20. The lowest BCUT2D eigenvalue weighted by molar-refractivity contribution is 0.874. The molecule has 4 heteroatoms. The fourth-order valence-corrected chi connectivity index (χ4v) is 2.19. The van der Waals surface area contributed by atoms with E-state index in [0.29, 0.717) is 12.3 Å². The van der Waals surface area contributed by atoms with E-state index in [-0.39, 0.29) is 0 Å². The lowest BCUT2D eigenvalue weighted by Gasteiger charge is -2.09. The molecular weight excluding hydrogens is 248 g/mol. The van der Waals surface area contributed by atoms with Crippen LogP contribution in [0.2, 0.25) is 0 Å². The molecule has 0 saturated heterocycles. The first-order chi connectivity index (χ1) is 9.85. The molecule has 0 aliphatic heterocycles. The van der Waals surface area contributed by atoms with Gasteiger partial charge in [0.2, 0.25) is 0 Å². The van der Waals surface area contributed by atoms with E-state index in [0.717, 1.165) is 30.3 Å². The average Bonchev–Trinajstić information content (AvgIpc) is 3.31. The molecule has 0 amide bonds. The number of pyridine rings is 1. The van der Waals surface area contributed by atoms with Gasteiger partial charge in [0.05, 0.1) is 6.42 Å². The van der Waals surface area contributed by atoms with Gasteiger partial charge in [-0.15, -0.1) is 0 Å². The molecule has 0 bridgehead atoms. The highest BCUT2D eigenvalue weighted by molar-refractivity contribution is 5.38. The Morgan fingerprint density at radius 2 is 2.15 bits per heavy atom. The molecule has 1 fully saturated rings. The van der Waals surface area contributed by atoms with Crippen molar-refractivity contribution in [2.45, 2.75) is 38.5 Å². The average molecular weight is 268 g/mol. The molecule has 1 N–H and O–H groups in total. The molecule has 2 aromatic rings. The van der Waals surface area contributed by atoms with Crippen molar-refractivity contribution in [1.82, 2.24) is 15.0 Å². The maximum absolute atomic E-state index is 4.71. The summed E-state index contributed by atoms with van der Waals surface area (Å²) in [5.74, 6) is 2.46. The minimum Gasteiger partial charge on any atom is -0.370 e. The zero-order valence-electron chi connectivity index (χ0n) is 11.8. The van der Waals surface area contributed by atoms with Gasteiger partial charge in [0.1, 0.15) is 11.6 Å². The van der Waals surface area contributed by atoms with Crippen molar-refractivity contribution < 1.29 is 0 Å². The number of rotatable bonds is 6. The molecule has 0 aromatic carbocycles. The Labute approximate surface area is 119 Å². The summed E-state index contributed by atoms with van der Waals surface area (Å²) in [7, 11) is 0. The van der Waals surface area contributed by atoms with Crippen LogP contribution in [0.4, 0.5) is 5.82 Å². The van der Waals surface area contributed by atoms with Gasteiger partial charge in [-0.05, 0) is 31.4 Å². The molecule has 20 heavy (non-hydrogen) atoms. The van der Waals surface area contributed by atoms with Crippen molar-refractivity contribution in [3.8, 4) is 0 Å². The summed E-state index contributed by atoms with van der Waals surface area (Å²) in [6.45, 7) is 3.11. The highest BCUT2D eigenvalue weighted by atomic mass is 15.0. The summed E-state index contributed by atoms with van der Waals surface area (Å²) in [5, 5.41) is 3.37. The Morgan fingerprint density at radius 3 is 2.85 bits per heavy atom. The van der Waals surface area contributed by atoms with Crippen LogP contribution in [0.5, 0.6) is 0 Å².